The second kappa shape index (κ2) is 5.95. The van der Waals surface area contributed by atoms with Crippen molar-refractivity contribution < 1.29 is 23.5 Å². The van der Waals surface area contributed by atoms with Crippen molar-refractivity contribution in [2.24, 2.45) is 0 Å². The number of urea groups is 1. The number of amides is 2. The van der Waals surface area contributed by atoms with Gasteiger partial charge in [-0.1, -0.05) is 0 Å². The van der Waals surface area contributed by atoms with E-state index in [1.807, 2.05) is 0 Å². The van der Waals surface area contributed by atoms with E-state index in [4.69, 9.17) is 5.11 Å². The van der Waals surface area contributed by atoms with E-state index in [0.29, 0.717) is 6.07 Å². The number of aromatic nitrogens is 1. The number of rotatable bonds is 3. The lowest BCUT2D eigenvalue weighted by atomic mass is 10.3. The normalized spacial score (nSPS) is 10.0. The van der Waals surface area contributed by atoms with Crippen molar-refractivity contribution in [3.8, 4) is 0 Å². The van der Waals surface area contributed by atoms with E-state index >= 15 is 0 Å². The molecule has 1 aromatic carbocycles. The monoisotopic (exact) mass is 293 g/mol. The van der Waals surface area contributed by atoms with Crippen LogP contribution in [-0.2, 0) is 0 Å². The van der Waals surface area contributed by atoms with Gasteiger partial charge in [-0.2, -0.15) is 0 Å². The van der Waals surface area contributed by atoms with Crippen LogP contribution in [0.5, 0.6) is 0 Å². The van der Waals surface area contributed by atoms with Crippen LogP contribution < -0.4 is 10.6 Å². The van der Waals surface area contributed by atoms with E-state index in [-0.39, 0.29) is 17.1 Å². The molecule has 0 fully saturated rings. The molecule has 0 aliphatic heterocycles. The van der Waals surface area contributed by atoms with Crippen molar-refractivity contribution in [2.45, 2.75) is 0 Å². The molecule has 6 nitrogen and oxygen atoms in total. The fourth-order valence-corrected chi connectivity index (χ4v) is 1.47. The van der Waals surface area contributed by atoms with Crippen LogP contribution >= 0.6 is 0 Å². The van der Waals surface area contributed by atoms with Gasteiger partial charge in [-0.15, -0.1) is 0 Å². The van der Waals surface area contributed by atoms with Gasteiger partial charge in [0.05, 0.1) is 17.6 Å². The number of anilines is 2. The van der Waals surface area contributed by atoms with E-state index in [1.165, 1.54) is 12.1 Å². The summed E-state index contributed by atoms with van der Waals surface area (Å²) in [6, 6.07) is 4.48. The molecule has 0 spiro atoms. The molecule has 21 heavy (non-hydrogen) atoms. The molecule has 2 amide bonds. The lowest BCUT2D eigenvalue weighted by Gasteiger charge is -2.08. The second-order valence-electron chi connectivity index (χ2n) is 3.94. The Bertz CT molecular complexity index is 690. The van der Waals surface area contributed by atoms with Crippen LogP contribution in [0.2, 0.25) is 0 Å². The summed E-state index contributed by atoms with van der Waals surface area (Å²) in [7, 11) is 0. The summed E-state index contributed by atoms with van der Waals surface area (Å²) in [5.74, 6) is -2.86. The highest BCUT2D eigenvalue weighted by Gasteiger charge is 2.09. The molecule has 2 aromatic rings. The lowest BCUT2D eigenvalue weighted by molar-refractivity contribution is 0.0690. The number of carboxylic acids is 1. The van der Waals surface area contributed by atoms with Gasteiger partial charge in [-0.05, 0) is 24.3 Å². The summed E-state index contributed by atoms with van der Waals surface area (Å²) >= 11 is 0. The number of nitrogens with one attached hydrogen (secondary N) is 2. The van der Waals surface area contributed by atoms with Gasteiger partial charge >= 0.3 is 12.0 Å². The van der Waals surface area contributed by atoms with Crippen LogP contribution in [-0.4, -0.2) is 22.1 Å². The van der Waals surface area contributed by atoms with Gasteiger partial charge in [0.25, 0.3) is 0 Å². The second-order valence-corrected chi connectivity index (χ2v) is 3.94. The highest BCUT2D eigenvalue weighted by Crippen LogP contribution is 2.15. The number of nitrogens with zero attached hydrogens (tertiary/aromatic N) is 1. The Morgan fingerprint density at radius 1 is 1.10 bits per heavy atom. The predicted molar refractivity (Wildman–Crippen MR) is 70.2 cm³/mol. The number of benzene rings is 1. The maximum atomic E-state index is 13.3. The molecular weight excluding hydrogens is 284 g/mol. The minimum absolute atomic E-state index is 0.175. The number of carbonyl (C=O) groups excluding carboxylic acids is 1. The molecule has 1 heterocycles. The number of aromatic carboxylic acids is 1. The van der Waals surface area contributed by atoms with E-state index in [2.05, 4.69) is 15.6 Å². The van der Waals surface area contributed by atoms with Crippen LogP contribution in [0.3, 0.4) is 0 Å². The van der Waals surface area contributed by atoms with Crippen LogP contribution in [0.1, 0.15) is 10.5 Å². The number of carboxylic acid groups (broad SMARTS) is 1. The van der Waals surface area contributed by atoms with Gasteiger partial charge in [-0.3, -0.25) is 0 Å². The van der Waals surface area contributed by atoms with Gasteiger partial charge in [-0.25, -0.2) is 23.4 Å². The fraction of sp³-hybridized carbons (Fsp3) is 0. The Hall–Kier alpha value is -3.03. The first-order valence-corrected chi connectivity index (χ1v) is 5.68. The average Bonchev–Trinajstić information content (AvgIpc) is 2.42. The maximum absolute atomic E-state index is 13.3. The molecule has 2 rings (SSSR count). The molecule has 0 bridgehead atoms. The number of hydrogen-bond donors (Lipinski definition) is 3. The molecule has 8 heteroatoms. The van der Waals surface area contributed by atoms with Crippen LogP contribution in [0.25, 0.3) is 0 Å². The van der Waals surface area contributed by atoms with Gasteiger partial charge in [0, 0.05) is 6.07 Å². The predicted octanol–water partition coefficient (Wildman–Crippen LogP) is 2.70. The van der Waals surface area contributed by atoms with Crippen LogP contribution in [0.15, 0.2) is 36.5 Å². The standard InChI is InChI=1S/C13H9F2N3O3/c14-7-1-3-10(9(15)5-7)18-13(21)17-8-2-4-11(12(19)20)16-6-8/h1-6H,(H,19,20)(H2,17,18,21). The van der Waals surface area contributed by atoms with Gasteiger partial charge < -0.3 is 15.7 Å². The Morgan fingerprint density at radius 3 is 2.43 bits per heavy atom. The van der Waals surface area contributed by atoms with Gasteiger partial charge in [0.2, 0.25) is 0 Å². The molecule has 0 aliphatic carbocycles. The van der Waals surface area contributed by atoms with E-state index < -0.39 is 23.6 Å². The molecule has 0 unspecified atom stereocenters. The van der Waals surface area contributed by atoms with Crippen molar-refractivity contribution in [2.75, 3.05) is 10.6 Å². The maximum Gasteiger partial charge on any atom is 0.354 e. The Kier molecular flexibility index (Phi) is 4.07. The Labute approximate surface area is 117 Å². The smallest absolute Gasteiger partial charge is 0.354 e. The number of carbonyl (C=O) groups is 2. The summed E-state index contributed by atoms with van der Waals surface area (Å²) in [5, 5.41) is 13.2. The van der Waals surface area contributed by atoms with E-state index in [1.54, 1.807) is 0 Å². The highest BCUT2D eigenvalue weighted by atomic mass is 19.1. The zero-order valence-electron chi connectivity index (χ0n) is 10.4. The van der Waals surface area contributed by atoms with Crippen molar-refractivity contribution in [3.63, 3.8) is 0 Å². The first-order chi connectivity index (χ1) is 9.95. The minimum atomic E-state index is -1.20. The molecule has 0 aliphatic rings. The molecule has 0 radical (unpaired) electrons. The number of hydrogen-bond acceptors (Lipinski definition) is 3. The van der Waals surface area contributed by atoms with Gasteiger partial charge in [0.1, 0.15) is 17.3 Å². The Morgan fingerprint density at radius 2 is 1.86 bits per heavy atom. The summed E-state index contributed by atoms with van der Waals surface area (Å²) in [6.07, 6.45) is 1.14. The zero-order valence-corrected chi connectivity index (χ0v) is 10.4. The minimum Gasteiger partial charge on any atom is -0.477 e. The summed E-state index contributed by atoms with van der Waals surface area (Å²) < 4.78 is 26.0. The number of pyridine rings is 1. The van der Waals surface area contributed by atoms with Crippen molar-refractivity contribution in [3.05, 3.63) is 53.9 Å². The molecule has 108 valence electrons. The third-order valence-electron chi connectivity index (χ3n) is 2.42. The van der Waals surface area contributed by atoms with Crippen molar-refractivity contribution >= 4 is 23.4 Å². The molecule has 3 N–H and O–H groups in total. The topological polar surface area (TPSA) is 91.3 Å². The first kappa shape index (κ1) is 14.4. The lowest BCUT2D eigenvalue weighted by Crippen LogP contribution is -2.20. The van der Waals surface area contributed by atoms with Gasteiger partial charge in [0.15, 0.2) is 0 Å². The molecule has 0 saturated carbocycles. The quantitative estimate of drug-likeness (QED) is 0.811. The van der Waals surface area contributed by atoms with Crippen molar-refractivity contribution in [1.29, 1.82) is 0 Å². The molecule has 0 saturated heterocycles. The summed E-state index contributed by atoms with van der Waals surface area (Å²) in [4.78, 5) is 25.8. The highest BCUT2D eigenvalue weighted by molar-refractivity contribution is 5.99. The summed E-state index contributed by atoms with van der Waals surface area (Å²) in [5.41, 5.74) is -0.144. The molecule has 0 atom stereocenters. The summed E-state index contributed by atoms with van der Waals surface area (Å²) in [6.45, 7) is 0. The molecular formula is C13H9F2N3O3. The largest absolute Gasteiger partial charge is 0.477 e. The Balaban J connectivity index is 2.02. The van der Waals surface area contributed by atoms with E-state index in [0.717, 1.165) is 18.3 Å². The van der Waals surface area contributed by atoms with Crippen molar-refractivity contribution in [1.82, 2.24) is 4.98 Å². The number of halogens is 2. The van der Waals surface area contributed by atoms with Crippen LogP contribution in [0, 0.1) is 11.6 Å². The average molecular weight is 293 g/mol. The third kappa shape index (κ3) is 3.72. The molecule has 1 aromatic heterocycles. The zero-order chi connectivity index (χ0) is 15.4. The SMILES string of the molecule is O=C(Nc1ccc(C(=O)O)nc1)Nc1ccc(F)cc1F. The third-order valence-corrected chi connectivity index (χ3v) is 2.42. The fourth-order valence-electron chi connectivity index (χ4n) is 1.47. The van der Waals surface area contributed by atoms with E-state index in [9.17, 15) is 18.4 Å². The van der Waals surface area contributed by atoms with Crippen LogP contribution in [0.4, 0.5) is 25.0 Å². The first-order valence-electron chi connectivity index (χ1n) is 5.68.